The average Bonchev–Trinajstić information content (AvgIpc) is 3.00. The van der Waals surface area contributed by atoms with Crippen LogP contribution in [-0.4, -0.2) is 35.1 Å². The van der Waals surface area contributed by atoms with Crippen molar-refractivity contribution in [3.05, 3.63) is 11.9 Å². The number of nitrogens with two attached hydrogens (primary N) is 1. The van der Waals surface area contributed by atoms with Crippen LogP contribution in [0.3, 0.4) is 0 Å². The Hall–Kier alpha value is -1.36. The highest BCUT2D eigenvalue weighted by atomic mass is 15.2. The fourth-order valence-electron chi connectivity index (χ4n) is 3.06. The van der Waals surface area contributed by atoms with Gasteiger partial charge >= 0.3 is 0 Å². The van der Waals surface area contributed by atoms with Crippen molar-refractivity contribution in [1.29, 1.82) is 0 Å². The Morgan fingerprint density at radius 1 is 1.26 bits per heavy atom. The number of aryl methyl sites for hydroxylation is 1. The van der Waals surface area contributed by atoms with E-state index in [0.717, 1.165) is 37.0 Å². The Morgan fingerprint density at radius 3 is 2.74 bits per heavy atom. The summed E-state index contributed by atoms with van der Waals surface area (Å²) in [6.45, 7) is 3.86. The number of anilines is 2. The minimum Gasteiger partial charge on any atom is -0.367 e. The van der Waals surface area contributed by atoms with Crippen LogP contribution >= 0.6 is 0 Å². The predicted octanol–water partition coefficient (Wildman–Crippen LogP) is 1.68. The van der Waals surface area contributed by atoms with E-state index < -0.39 is 0 Å². The van der Waals surface area contributed by atoms with Crippen molar-refractivity contribution < 1.29 is 0 Å². The fourth-order valence-corrected chi connectivity index (χ4v) is 3.06. The third-order valence-electron chi connectivity index (χ3n) is 4.08. The van der Waals surface area contributed by atoms with Crippen molar-refractivity contribution in [2.75, 3.05) is 23.3 Å². The van der Waals surface area contributed by atoms with E-state index in [2.05, 4.69) is 26.3 Å². The molecule has 104 valence electrons. The van der Waals surface area contributed by atoms with Crippen molar-refractivity contribution in [2.45, 2.75) is 51.1 Å². The average molecular weight is 261 g/mol. The number of hydrogen-bond acceptors (Lipinski definition) is 5. The zero-order valence-electron chi connectivity index (χ0n) is 11.6. The molecule has 1 aromatic rings. The maximum atomic E-state index is 5.97. The van der Waals surface area contributed by atoms with E-state index in [4.69, 9.17) is 5.73 Å². The molecule has 2 heterocycles. The Kier molecular flexibility index (Phi) is 3.55. The molecule has 1 aromatic heterocycles. The van der Waals surface area contributed by atoms with Crippen LogP contribution in [0.1, 0.15) is 37.9 Å². The number of rotatable bonds is 3. The molecule has 0 aromatic carbocycles. The number of hydrogen-bond donors (Lipinski definition) is 2. The van der Waals surface area contributed by atoms with Gasteiger partial charge in [-0.25, -0.2) is 9.97 Å². The lowest BCUT2D eigenvalue weighted by Gasteiger charge is -2.19. The van der Waals surface area contributed by atoms with Gasteiger partial charge in [-0.3, -0.25) is 0 Å². The Labute approximate surface area is 114 Å². The van der Waals surface area contributed by atoms with E-state index in [1.807, 2.05) is 6.92 Å². The lowest BCUT2D eigenvalue weighted by atomic mass is 10.2. The first-order valence-electron chi connectivity index (χ1n) is 7.33. The van der Waals surface area contributed by atoms with E-state index in [-0.39, 0.29) is 6.04 Å². The fraction of sp³-hybridized carbons (Fsp3) is 0.714. The van der Waals surface area contributed by atoms with E-state index in [1.54, 1.807) is 0 Å². The first kappa shape index (κ1) is 12.7. The SMILES string of the molecule is Cc1nc(NC2CCCC2)cc(N2CCC(N)C2)n1. The molecule has 1 saturated heterocycles. The van der Waals surface area contributed by atoms with Gasteiger partial charge in [-0.2, -0.15) is 0 Å². The standard InChI is InChI=1S/C14H23N5/c1-10-16-13(18-12-4-2-3-5-12)8-14(17-10)19-7-6-11(15)9-19/h8,11-12H,2-7,9,15H2,1H3,(H,16,17,18). The molecule has 5 heteroatoms. The summed E-state index contributed by atoms with van der Waals surface area (Å²) in [6.07, 6.45) is 6.22. The van der Waals surface area contributed by atoms with Gasteiger partial charge in [0.05, 0.1) is 0 Å². The molecule has 2 fully saturated rings. The minimum atomic E-state index is 0.279. The highest BCUT2D eigenvalue weighted by molar-refractivity contribution is 5.50. The summed E-state index contributed by atoms with van der Waals surface area (Å²) < 4.78 is 0. The molecule has 1 aliphatic carbocycles. The Morgan fingerprint density at radius 2 is 2.05 bits per heavy atom. The van der Waals surface area contributed by atoms with Crippen LogP contribution in [0.5, 0.6) is 0 Å². The molecular formula is C14H23N5. The highest BCUT2D eigenvalue weighted by Gasteiger charge is 2.22. The topological polar surface area (TPSA) is 67.1 Å². The van der Waals surface area contributed by atoms with Crippen LogP contribution in [0.2, 0.25) is 0 Å². The van der Waals surface area contributed by atoms with Gasteiger partial charge < -0.3 is 16.0 Å². The molecular weight excluding hydrogens is 238 g/mol. The summed E-state index contributed by atoms with van der Waals surface area (Å²) >= 11 is 0. The van der Waals surface area contributed by atoms with Crippen molar-refractivity contribution >= 4 is 11.6 Å². The lowest BCUT2D eigenvalue weighted by Crippen LogP contribution is -2.27. The molecule has 0 bridgehead atoms. The first-order chi connectivity index (χ1) is 9.20. The normalized spacial score (nSPS) is 24.1. The minimum absolute atomic E-state index is 0.279. The third kappa shape index (κ3) is 2.97. The molecule has 1 aliphatic heterocycles. The number of aromatic nitrogens is 2. The molecule has 2 aliphatic rings. The van der Waals surface area contributed by atoms with Gasteiger partial charge in [0.25, 0.3) is 0 Å². The molecule has 19 heavy (non-hydrogen) atoms. The Bertz CT molecular complexity index is 441. The van der Waals surface area contributed by atoms with Crippen LogP contribution in [0.4, 0.5) is 11.6 Å². The molecule has 1 atom stereocenters. The van der Waals surface area contributed by atoms with E-state index >= 15 is 0 Å². The quantitative estimate of drug-likeness (QED) is 0.866. The van der Waals surface area contributed by atoms with Gasteiger partial charge in [0.2, 0.25) is 0 Å². The van der Waals surface area contributed by atoms with E-state index in [1.165, 1.54) is 25.7 Å². The predicted molar refractivity (Wildman–Crippen MR) is 77.5 cm³/mol. The molecule has 5 nitrogen and oxygen atoms in total. The van der Waals surface area contributed by atoms with Gasteiger partial charge in [-0.15, -0.1) is 0 Å². The van der Waals surface area contributed by atoms with Gasteiger partial charge in [-0.05, 0) is 26.2 Å². The van der Waals surface area contributed by atoms with Gasteiger partial charge in [0, 0.05) is 31.2 Å². The summed E-state index contributed by atoms with van der Waals surface area (Å²) in [4.78, 5) is 11.3. The molecule has 3 rings (SSSR count). The van der Waals surface area contributed by atoms with E-state index in [0.29, 0.717) is 6.04 Å². The van der Waals surface area contributed by atoms with Crippen molar-refractivity contribution in [3.63, 3.8) is 0 Å². The molecule has 3 N–H and O–H groups in total. The zero-order chi connectivity index (χ0) is 13.2. The second kappa shape index (κ2) is 5.33. The number of nitrogens with one attached hydrogen (secondary N) is 1. The van der Waals surface area contributed by atoms with Crippen LogP contribution < -0.4 is 16.0 Å². The maximum Gasteiger partial charge on any atom is 0.134 e. The second-order valence-corrected chi connectivity index (χ2v) is 5.78. The monoisotopic (exact) mass is 261 g/mol. The molecule has 0 radical (unpaired) electrons. The Balaban J connectivity index is 1.75. The first-order valence-corrected chi connectivity index (χ1v) is 7.33. The van der Waals surface area contributed by atoms with Crippen LogP contribution in [-0.2, 0) is 0 Å². The van der Waals surface area contributed by atoms with Crippen molar-refractivity contribution in [3.8, 4) is 0 Å². The summed E-state index contributed by atoms with van der Waals surface area (Å²) in [5.74, 6) is 2.81. The molecule has 0 amide bonds. The van der Waals surface area contributed by atoms with Crippen LogP contribution in [0.15, 0.2) is 6.07 Å². The molecule has 0 spiro atoms. The smallest absolute Gasteiger partial charge is 0.134 e. The largest absolute Gasteiger partial charge is 0.367 e. The summed E-state index contributed by atoms with van der Waals surface area (Å²) in [6, 6.07) is 2.94. The van der Waals surface area contributed by atoms with Gasteiger partial charge in [-0.1, -0.05) is 12.8 Å². The maximum absolute atomic E-state index is 5.97. The second-order valence-electron chi connectivity index (χ2n) is 5.78. The van der Waals surface area contributed by atoms with E-state index in [9.17, 15) is 0 Å². The van der Waals surface area contributed by atoms with Gasteiger partial charge in [0.1, 0.15) is 17.5 Å². The summed E-state index contributed by atoms with van der Waals surface area (Å²) in [5, 5.41) is 3.55. The summed E-state index contributed by atoms with van der Waals surface area (Å²) in [5.41, 5.74) is 5.97. The van der Waals surface area contributed by atoms with Crippen molar-refractivity contribution in [2.24, 2.45) is 5.73 Å². The lowest BCUT2D eigenvalue weighted by molar-refractivity contribution is 0.745. The van der Waals surface area contributed by atoms with Crippen LogP contribution in [0, 0.1) is 6.92 Å². The molecule has 1 saturated carbocycles. The summed E-state index contributed by atoms with van der Waals surface area (Å²) in [7, 11) is 0. The van der Waals surface area contributed by atoms with Crippen molar-refractivity contribution in [1.82, 2.24) is 9.97 Å². The molecule has 1 unspecified atom stereocenters. The highest BCUT2D eigenvalue weighted by Crippen LogP contribution is 2.24. The number of nitrogens with zero attached hydrogens (tertiary/aromatic N) is 3. The third-order valence-corrected chi connectivity index (χ3v) is 4.08. The zero-order valence-corrected chi connectivity index (χ0v) is 11.6. The van der Waals surface area contributed by atoms with Crippen LogP contribution in [0.25, 0.3) is 0 Å². The van der Waals surface area contributed by atoms with Gasteiger partial charge in [0.15, 0.2) is 0 Å².